The van der Waals surface area contributed by atoms with Crippen LogP contribution in [0, 0.1) is 10.8 Å². The first-order chi connectivity index (χ1) is 17.1. The Kier molecular flexibility index (Phi) is 10.9. The number of carbonyl (C=O) groups excluding carboxylic acids is 4. The van der Waals surface area contributed by atoms with Crippen molar-refractivity contribution in [2.75, 3.05) is 0 Å². The first-order valence-corrected chi connectivity index (χ1v) is 12.5. The van der Waals surface area contributed by atoms with Crippen molar-refractivity contribution in [3.8, 4) is 11.5 Å². The van der Waals surface area contributed by atoms with Crippen molar-refractivity contribution >= 4 is 24.1 Å². The third-order valence-electron chi connectivity index (χ3n) is 5.03. The summed E-state index contributed by atoms with van der Waals surface area (Å²) in [4.78, 5) is 49.5. The van der Waals surface area contributed by atoms with Gasteiger partial charge in [0.25, 0.3) is 0 Å². The summed E-state index contributed by atoms with van der Waals surface area (Å²) in [6, 6.07) is 3.53. The number of esters is 3. The molecule has 0 spiro atoms. The lowest BCUT2D eigenvalue weighted by atomic mass is 9.97. The van der Waals surface area contributed by atoms with E-state index in [2.05, 4.69) is 0 Å². The van der Waals surface area contributed by atoms with Gasteiger partial charge < -0.3 is 29.4 Å². The van der Waals surface area contributed by atoms with E-state index in [4.69, 9.17) is 29.4 Å². The fourth-order valence-corrected chi connectivity index (χ4v) is 2.57. The van der Waals surface area contributed by atoms with Gasteiger partial charge in [0.15, 0.2) is 11.5 Å². The van der Waals surface area contributed by atoms with Gasteiger partial charge in [-0.15, -0.1) is 0 Å². The summed E-state index contributed by atoms with van der Waals surface area (Å²) < 4.78 is 26.7. The number of rotatable bonds is 8. The van der Waals surface area contributed by atoms with Gasteiger partial charge in [-0.25, -0.2) is 4.79 Å². The maximum atomic E-state index is 12.6. The number of carbonyl (C=O) groups is 4. The summed E-state index contributed by atoms with van der Waals surface area (Å²) in [5.41, 5.74) is 4.31. The average Bonchev–Trinajstić information content (AvgIpc) is 2.72. The van der Waals surface area contributed by atoms with Gasteiger partial charge in [0.1, 0.15) is 23.9 Å². The predicted molar refractivity (Wildman–Crippen MR) is 141 cm³/mol. The fourth-order valence-electron chi connectivity index (χ4n) is 2.57. The maximum absolute atomic E-state index is 12.6. The number of hydrogen-bond acceptors (Lipinski definition) is 10. The van der Waals surface area contributed by atoms with Crippen LogP contribution >= 0.6 is 0 Å². The molecule has 0 saturated carbocycles. The minimum Gasteiger partial charge on any atom is -0.458 e. The lowest BCUT2D eigenvalue weighted by molar-refractivity contribution is -0.156. The predicted octanol–water partition coefficient (Wildman–Crippen LogP) is 4.73. The Morgan fingerprint density at radius 1 is 0.763 bits per heavy atom. The molecule has 0 saturated heterocycles. The van der Waals surface area contributed by atoms with Crippen molar-refractivity contribution in [2.24, 2.45) is 16.6 Å². The van der Waals surface area contributed by atoms with Crippen LogP contribution in [0.2, 0.25) is 0 Å². The normalized spacial score (nSPS) is 14.5. The molecule has 0 aromatic heterocycles. The molecule has 0 heterocycles. The first kappa shape index (κ1) is 32.9. The van der Waals surface area contributed by atoms with E-state index in [1.54, 1.807) is 82.2 Å². The van der Waals surface area contributed by atoms with Crippen molar-refractivity contribution in [2.45, 2.75) is 106 Å². The second-order valence-electron chi connectivity index (χ2n) is 12.3. The van der Waals surface area contributed by atoms with E-state index in [0.717, 1.165) is 0 Å². The van der Waals surface area contributed by atoms with Crippen LogP contribution in [0.4, 0.5) is 4.79 Å². The third kappa shape index (κ3) is 11.1. The molecule has 2 N–H and O–H groups in total. The zero-order valence-corrected chi connectivity index (χ0v) is 24.4. The number of hydrogen-bond donors (Lipinski definition) is 1. The Balaban J connectivity index is 2.98. The highest BCUT2D eigenvalue weighted by molar-refractivity contribution is 5.81. The third-order valence-corrected chi connectivity index (χ3v) is 5.03. The summed E-state index contributed by atoms with van der Waals surface area (Å²) >= 11 is 0. The second-order valence-corrected chi connectivity index (χ2v) is 12.3. The summed E-state index contributed by atoms with van der Waals surface area (Å²) in [5, 5.41) is 0. The fraction of sp³-hybridized carbons (Fsp3) is 0.643. The lowest BCUT2D eigenvalue weighted by Crippen LogP contribution is -2.40. The molecule has 1 unspecified atom stereocenters. The van der Waals surface area contributed by atoms with Crippen LogP contribution < -0.4 is 15.2 Å². The Morgan fingerprint density at radius 2 is 1.24 bits per heavy atom. The summed E-state index contributed by atoms with van der Waals surface area (Å²) in [5.74, 6) is -1.64. The van der Waals surface area contributed by atoms with Gasteiger partial charge in [-0.1, -0.05) is 6.07 Å². The molecular weight excluding hydrogens is 494 g/mol. The molecular formula is C28H43NO9. The quantitative estimate of drug-likeness (QED) is 0.365. The zero-order chi connectivity index (χ0) is 29.6. The standard InChI is InChI=1S/C28H43NO9/c1-16(17(2)35-25(33)38-28(9,10)11)34-22(30)19(29)14-18-12-13-20(36-23(31)26(3,4)5)21(15-18)37-24(32)27(6,7)8/h12-13,15-17,19H,14,29H2,1-11H3/t16-,17?,19-/m0/s1. The smallest absolute Gasteiger partial charge is 0.458 e. The Hall–Kier alpha value is -3.14. The number of nitrogens with two attached hydrogens (primary N) is 1. The van der Waals surface area contributed by atoms with Crippen molar-refractivity contribution in [3.63, 3.8) is 0 Å². The van der Waals surface area contributed by atoms with Crippen LogP contribution in [0.1, 0.15) is 81.7 Å². The molecule has 0 aliphatic carbocycles. The van der Waals surface area contributed by atoms with Crippen LogP contribution in [0.3, 0.4) is 0 Å². The molecule has 0 fully saturated rings. The summed E-state index contributed by atoms with van der Waals surface area (Å²) in [7, 11) is 0. The van der Waals surface area contributed by atoms with Gasteiger partial charge in [0.05, 0.1) is 10.8 Å². The van der Waals surface area contributed by atoms with Crippen molar-refractivity contribution in [1.29, 1.82) is 0 Å². The molecule has 10 heteroatoms. The van der Waals surface area contributed by atoms with Crippen molar-refractivity contribution < 1.29 is 42.9 Å². The van der Waals surface area contributed by atoms with Crippen LogP contribution in [-0.4, -0.2) is 47.9 Å². The van der Waals surface area contributed by atoms with Gasteiger partial charge >= 0.3 is 24.1 Å². The highest BCUT2D eigenvalue weighted by Crippen LogP contribution is 2.33. The van der Waals surface area contributed by atoms with Gasteiger partial charge in [-0.2, -0.15) is 0 Å². The van der Waals surface area contributed by atoms with Crippen molar-refractivity contribution in [3.05, 3.63) is 23.8 Å². The molecule has 3 atom stereocenters. The number of benzene rings is 1. The molecule has 10 nitrogen and oxygen atoms in total. The lowest BCUT2D eigenvalue weighted by Gasteiger charge is -2.25. The van der Waals surface area contributed by atoms with E-state index >= 15 is 0 Å². The largest absolute Gasteiger partial charge is 0.509 e. The van der Waals surface area contributed by atoms with Crippen LogP contribution in [0.5, 0.6) is 11.5 Å². The highest BCUT2D eigenvalue weighted by Gasteiger charge is 2.30. The van der Waals surface area contributed by atoms with Gasteiger partial charge in [-0.3, -0.25) is 14.4 Å². The molecule has 0 amide bonds. The summed E-state index contributed by atoms with van der Waals surface area (Å²) in [6.45, 7) is 18.5. The van der Waals surface area contributed by atoms with E-state index in [-0.39, 0.29) is 17.9 Å². The van der Waals surface area contributed by atoms with E-state index < -0.39 is 58.7 Å². The van der Waals surface area contributed by atoms with E-state index in [1.807, 2.05) is 0 Å². The topological polar surface area (TPSA) is 140 Å². The minimum atomic E-state index is -1.07. The molecule has 0 aliphatic rings. The Bertz CT molecular complexity index is 1010. The van der Waals surface area contributed by atoms with Crippen LogP contribution in [0.15, 0.2) is 18.2 Å². The maximum Gasteiger partial charge on any atom is 0.509 e. The van der Waals surface area contributed by atoms with Crippen molar-refractivity contribution in [1.82, 2.24) is 0 Å². The van der Waals surface area contributed by atoms with Gasteiger partial charge in [0.2, 0.25) is 0 Å². The van der Waals surface area contributed by atoms with E-state index in [1.165, 1.54) is 12.1 Å². The second kappa shape index (κ2) is 12.6. The average molecular weight is 538 g/mol. The Morgan fingerprint density at radius 3 is 1.71 bits per heavy atom. The molecule has 1 rings (SSSR count). The van der Waals surface area contributed by atoms with E-state index in [0.29, 0.717) is 5.56 Å². The van der Waals surface area contributed by atoms with Gasteiger partial charge in [0, 0.05) is 0 Å². The SMILES string of the molecule is CC(OC(=O)OC(C)(C)C)[C@H](C)OC(=O)[C@@H](N)Cc1ccc(OC(=O)C(C)(C)C)c(OC(=O)C(C)(C)C)c1. The highest BCUT2D eigenvalue weighted by atomic mass is 16.7. The van der Waals surface area contributed by atoms with Gasteiger partial charge in [-0.05, 0) is 100 Å². The molecule has 1 aromatic rings. The number of ether oxygens (including phenoxy) is 5. The molecule has 0 radical (unpaired) electrons. The zero-order valence-electron chi connectivity index (χ0n) is 24.4. The van der Waals surface area contributed by atoms with E-state index in [9.17, 15) is 19.2 Å². The Labute approximate surface area is 225 Å². The van der Waals surface area contributed by atoms with Crippen LogP contribution in [0.25, 0.3) is 0 Å². The van der Waals surface area contributed by atoms with Crippen LogP contribution in [-0.2, 0) is 35.0 Å². The molecule has 0 bridgehead atoms. The molecule has 214 valence electrons. The molecule has 38 heavy (non-hydrogen) atoms. The molecule has 0 aliphatic heterocycles. The summed E-state index contributed by atoms with van der Waals surface area (Å²) in [6.07, 6.45) is -2.40. The molecule has 1 aromatic carbocycles. The first-order valence-electron chi connectivity index (χ1n) is 12.5. The monoisotopic (exact) mass is 537 g/mol. The minimum absolute atomic E-state index is 0.0355.